The first-order valence-corrected chi connectivity index (χ1v) is 6.78. The van der Waals surface area contributed by atoms with Gasteiger partial charge in [-0.15, -0.1) is 0 Å². The zero-order valence-electron chi connectivity index (χ0n) is 10.9. The summed E-state index contributed by atoms with van der Waals surface area (Å²) in [6, 6.07) is 13.2. The van der Waals surface area contributed by atoms with E-state index in [1.807, 2.05) is 30.3 Å². The number of halogens is 1. The summed E-state index contributed by atoms with van der Waals surface area (Å²) in [4.78, 5) is 0. The van der Waals surface area contributed by atoms with Gasteiger partial charge < -0.3 is 15.2 Å². The Hall–Kier alpha value is -1.68. The van der Waals surface area contributed by atoms with Gasteiger partial charge in [0.1, 0.15) is 11.5 Å². The van der Waals surface area contributed by atoms with Crippen LogP contribution in [-0.2, 0) is 0 Å². The van der Waals surface area contributed by atoms with Crippen LogP contribution in [0.1, 0.15) is 18.5 Å². The van der Waals surface area contributed by atoms with Gasteiger partial charge in [0.15, 0.2) is 0 Å². The number of methoxy groups -OCH3 is 1. The number of hydrogen-bond donors (Lipinski definition) is 2. The van der Waals surface area contributed by atoms with Crippen LogP contribution in [0.4, 0.5) is 5.69 Å². The molecule has 19 heavy (non-hydrogen) atoms. The normalized spacial score (nSPS) is 11.9. The number of hydrogen-bond acceptors (Lipinski definition) is 3. The number of nitrogens with one attached hydrogen (secondary N) is 1. The van der Waals surface area contributed by atoms with Crippen molar-refractivity contribution in [1.29, 1.82) is 0 Å². The number of phenolic OH excluding ortho intramolecular Hbond substituents is 1. The molecule has 0 aromatic heterocycles. The number of rotatable bonds is 4. The van der Waals surface area contributed by atoms with Crippen molar-refractivity contribution in [3.63, 3.8) is 0 Å². The maximum absolute atomic E-state index is 9.44. The van der Waals surface area contributed by atoms with E-state index in [1.165, 1.54) is 0 Å². The van der Waals surface area contributed by atoms with Crippen molar-refractivity contribution in [2.45, 2.75) is 13.0 Å². The van der Waals surface area contributed by atoms with Gasteiger partial charge in [-0.1, -0.05) is 12.1 Å². The van der Waals surface area contributed by atoms with Crippen LogP contribution in [0, 0.1) is 0 Å². The third-order valence-corrected chi connectivity index (χ3v) is 3.52. The Labute approximate surface area is 121 Å². The number of aromatic hydroxyl groups is 1. The molecular weight excluding hydrogens is 306 g/mol. The summed E-state index contributed by atoms with van der Waals surface area (Å²) < 4.78 is 6.14. The van der Waals surface area contributed by atoms with Gasteiger partial charge in [-0.2, -0.15) is 0 Å². The van der Waals surface area contributed by atoms with E-state index in [1.54, 1.807) is 19.2 Å². The molecule has 0 spiro atoms. The lowest BCUT2D eigenvalue weighted by Gasteiger charge is -2.17. The Bertz CT molecular complexity index is 572. The summed E-state index contributed by atoms with van der Waals surface area (Å²) in [7, 11) is 1.65. The lowest BCUT2D eigenvalue weighted by Crippen LogP contribution is -2.06. The maximum Gasteiger partial charge on any atom is 0.133 e. The third-order valence-electron chi connectivity index (χ3n) is 2.91. The van der Waals surface area contributed by atoms with Crippen molar-refractivity contribution in [3.05, 3.63) is 52.5 Å². The summed E-state index contributed by atoms with van der Waals surface area (Å²) in [6.45, 7) is 2.07. The SMILES string of the molecule is COc1ccc(C(C)Nc2cccc(O)c2)cc1Br. The van der Waals surface area contributed by atoms with E-state index in [0.29, 0.717) is 0 Å². The molecule has 0 aliphatic heterocycles. The Kier molecular flexibility index (Phi) is 4.32. The topological polar surface area (TPSA) is 41.5 Å². The molecule has 0 bridgehead atoms. The second kappa shape index (κ2) is 5.97. The molecule has 3 nitrogen and oxygen atoms in total. The molecule has 2 N–H and O–H groups in total. The monoisotopic (exact) mass is 321 g/mol. The maximum atomic E-state index is 9.44. The quantitative estimate of drug-likeness (QED) is 0.880. The average molecular weight is 322 g/mol. The Morgan fingerprint density at radius 1 is 1.21 bits per heavy atom. The smallest absolute Gasteiger partial charge is 0.133 e. The van der Waals surface area contributed by atoms with Gasteiger partial charge in [-0.25, -0.2) is 0 Å². The predicted octanol–water partition coefficient (Wildman–Crippen LogP) is 4.34. The minimum atomic E-state index is 0.129. The molecule has 0 aliphatic rings. The third kappa shape index (κ3) is 3.41. The molecule has 1 unspecified atom stereocenters. The first-order chi connectivity index (χ1) is 9.10. The van der Waals surface area contributed by atoms with Crippen molar-refractivity contribution >= 4 is 21.6 Å². The summed E-state index contributed by atoms with van der Waals surface area (Å²) in [5.74, 6) is 1.07. The first kappa shape index (κ1) is 13.7. The first-order valence-electron chi connectivity index (χ1n) is 5.99. The predicted molar refractivity (Wildman–Crippen MR) is 80.8 cm³/mol. The Morgan fingerprint density at radius 3 is 2.63 bits per heavy atom. The highest BCUT2D eigenvalue weighted by Crippen LogP contribution is 2.29. The number of phenols is 1. The standard InChI is InChI=1S/C15H16BrNO2/c1-10(17-12-4-3-5-13(18)9-12)11-6-7-15(19-2)14(16)8-11/h3-10,17-18H,1-2H3. The van der Waals surface area contributed by atoms with Crippen molar-refractivity contribution < 1.29 is 9.84 Å². The van der Waals surface area contributed by atoms with Gasteiger partial charge in [0, 0.05) is 17.8 Å². The van der Waals surface area contributed by atoms with E-state index >= 15 is 0 Å². The minimum Gasteiger partial charge on any atom is -0.508 e. The van der Waals surface area contributed by atoms with Gasteiger partial charge in [0.05, 0.1) is 11.6 Å². The largest absolute Gasteiger partial charge is 0.508 e. The zero-order valence-corrected chi connectivity index (χ0v) is 12.4. The molecule has 2 aromatic rings. The van der Waals surface area contributed by atoms with Crippen LogP contribution in [0.25, 0.3) is 0 Å². The molecule has 0 fully saturated rings. The van der Waals surface area contributed by atoms with E-state index in [2.05, 4.69) is 28.2 Å². The zero-order chi connectivity index (χ0) is 13.8. The molecule has 100 valence electrons. The molecule has 2 aromatic carbocycles. The lowest BCUT2D eigenvalue weighted by molar-refractivity contribution is 0.412. The average Bonchev–Trinajstić information content (AvgIpc) is 2.38. The minimum absolute atomic E-state index is 0.129. The second-order valence-corrected chi connectivity index (χ2v) is 5.16. The fourth-order valence-corrected chi connectivity index (χ4v) is 2.44. The lowest BCUT2D eigenvalue weighted by atomic mass is 10.1. The van der Waals surface area contributed by atoms with E-state index in [4.69, 9.17) is 4.74 Å². The van der Waals surface area contributed by atoms with E-state index in [9.17, 15) is 5.11 Å². The number of ether oxygens (including phenoxy) is 1. The van der Waals surface area contributed by atoms with Crippen LogP contribution in [0.5, 0.6) is 11.5 Å². The van der Waals surface area contributed by atoms with Crippen molar-refractivity contribution in [2.75, 3.05) is 12.4 Å². The molecule has 2 rings (SSSR count). The van der Waals surface area contributed by atoms with Gasteiger partial charge in [-0.05, 0) is 52.7 Å². The summed E-state index contributed by atoms with van der Waals surface area (Å²) in [5.41, 5.74) is 2.02. The fourth-order valence-electron chi connectivity index (χ4n) is 1.88. The van der Waals surface area contributed by atoms with Crippen LogP contribution in [0.15, 0.2) is 46.9 Å². The summed E-state index contributed by atoms with van der Waals surface area (Å²) in [6.07, 6.45) is 0. The van der Waals surface area contributed by atoms with E-state index < -0.39 is 0 Å². The molecule has 0 amide bonds. The van der Waals surface area contributed by atoms with Crippen LogP contribution < -0.4 is 10.1 Å². The molecule has 0 aliphatic carbocycles. The molecular formula is C15H16BrNO2. The molecule has 0 saturated heterocycles. The van der Waals surface area contributed by atoms with Crippen molar-refractivity contribution in [1.82, 2.24) is 0 Å². The van der Waals surface area contributed by atoms with Crippen LogP contribution >= 0.6 is 15.9 Å². The second-order valence-electron chi connectivity index (χ2n) is 4.31. The van der Waals surface area contributed by atoms with Crippen LogP contribution in [0.2, 0.25) is 0 Å². The Morgan fingerprint density at radius 2 is 2.00 bits per heavy atom. The molecule has 0 radical (unpaired) electrons. The van der Waals surface area contributed by atoms with E-state index in [-0.39, 0.29) is 11.8 Å². The van der Waals surface area contributed by atoms with Gasteiger partial charge >= 0.3 is 0 Å². The summed E-state index contributed by atoms with van der Waals surface area (Å²) in [5, 5.41) is 12.8. The van der Waals surface area contributed by atoms with Gasteiger partial charge in [0.25, 0.3) is 0 Å². The number of anilines is 1. The highest BCUT2D eigenvalue weighted by molar-refractivity contribution is 9.10. The van der Waals surface area contributed by atoms with Crippen LogP contribution in [-0.4, -0.2) is 12.2 Å². The Balaban J connectivity index is 2.15. The van der Waals surface area contributed by atoms with Gasteiger partial charge in [-0.3, -0.25) is 0 Å². The van der Waals surface area contributed by atoms with E-state index in [0.717, 1.165) is 21.5 Å². The summed E-state index contributed by atoms with van der Waals surface area (Å²) >= 11 is 3.48. The fraction of sp³-hybridized carbons (Fsp3) is 0.200. The molecule has 0 heterocycles. The molecule has 1 atom stereocenters. The van der Waals surface area contributed by atoms with Crippen molar-refractivity contribution in [2.24, 2.45) is 0 Å². The van der Waals surface area contributed by atoms with Crippen molar-refractivity contribution in [3.8, 4) is 11.5 Å². The number of benzene rings is 2. The highest BCUT2D eigenvalue weighted by Gasteiger charge is 2.08. The molecule has 4 heteroatoms. The van der Waals surface area contributed by atoms with Crippen LogP contribution in [0.3, 0.4) is 0 Å². The molecule has 0 saturated carbocycles. The van der Waals surface area contributed by atoms with Gasteiger partial charge in [0.2, 0.25) is 0 Å². The highest BCUT2D eigenvalue weighted by atomic mass is 79.9.